The summed E-state index contributed by atoms with van der Waals surface area (Å²) in [6.07, 6.45) is 0.380. The van der Waals surface area contributed by atoms with Gasteiger partial charge < -0.3 is 19.7 Å². The summed E-state index contributed by atoms with van der Waals surface area (Å²) in [5.41, 5.74) is 3.71. The molecule has 1 unspecified atom stereocenters. The fourth-order valence-electron chi connectivity index (χ4n) is 4.56. The standard InChI is InChI=1S/C30H30N6O4S/c1-4-25(30(38)32-23-15-14-21(39-2)16-27(23)40-3)35(17-28-31-24(19-41-28)20-10-6-5-7-11-20)29(37)18-36-26-13-9-8-12-22(26)33-34-36/h5-16,19,25H,4,17-18H2,1-3H3,(H,32,38). The Labute approximate surface area is 241 Å². The van der Waals surface area contributed by atoms with Gasteiger partial charge in [-0.3, -0.25) is 9.59 Å². The van der Waals surface area contributed by atoms with Gasteiger partial charge in [-0.15, -0.1) is 16.4 Å². The zero-order valence-corrected chi connectivity index (χ0v) is 23.8. The van der Waals surface area contributed by atoms with Gasteiger partial charge in [-0.25, -0.2) is 9.67 Å². The van der Waals surface area contributed by atoms with E-state index in [1.807, 2.05) is 66.9 Å². The number of fused-ring (bicyclic) bond motifs is 1. The molecule has 0 saturated heterocycles. The monoisotopic (exact) mass is 570 g/mol. The average Bonchev–Trinajstić information content (AvgIpc) is 3.65. The van der Waals surface area contributed by atoms with Crippen LogP contribution >= 0.6 is 11.3 Å². The van der Waals surface area contributed by atoms with E-state index in [9.17, 15) is 9.59 Å². The molecule has 41 heavy (non-hydrogen) atoms. The van der Waals surface area contributed by atoms with Crippen LogP contribution in [0.4, 0.5) is 5.69 Å². The van der Waals surface area contributed by atoms with Crippen LogP contribution in [0.1, 0.15) is 18.4 Å². The molecule has 10 nitrogen and oxygen atoms in total. The summed E-state index contributed by atoms with van der Waals surface area (Å²) >= 11 is 1.45. The maximum absolute atomic E-state index is 13.9. The molecule has 5 rings (SSSR count). The SMILES string of the molecule is CCC(C(=O)Nc1ccc(OC)cc1OC)N(Cc1nc(-c2ccccc2)cs1)C(=O)Cn1nnc2ccccc21. The number of methoxy groups -OCH3 is 2. The number of hydrogen-bond acceptors (Lipinski definition) is 8. The van der Waals surface area contributed by atoms with Gasteiger partial charge in [0.05, 0.1) is 37.7 Å². The zero-order valence-electron chi connectivity index (χ0n) is 23.0. The molecule has 0 aliphatic heterocycles. The number of carbonyl (C=O) groups excluding carboxylic acids is 2. The van der Waals surface area contributed by atoms with E-state index in [1.54, 1.807) is 34.9 Å². The van der Waals surface area contributed by atoms with Crippen molar-refractivity contribution in [1.82, 2.24) is 24.9 Å². The quantitative estimate of drug-likeness (QED) is 0.237. The molecule has 0 aliphatic rings. The number of aromatic nitrogens is 4. The minimum absolute atomic E-state index is 0.0763. The lowest BCUT2D eigenvalue weighted by atomic mass is 10.1. The van der Waals surface area contributed by atoms with Crippen molar-refractivity contribution in [3.63, 3.8) is 0 Å². The highest BCUT2D eigenvalue weighted by molar-refractivity contribution is 7.09. The van der Waals surface area contributed by atoms with Crippen LogP contribution in [0.5, 0.6) is 11.5 Å². The molecular weight excluding hydrogens is 540 g/mol. The first-order chi connectivity index (χ1) is 20.0. The molecule has 0 bridgehead atoms. The smallest absolute Gasteiger partial charge is 0.247 e. The van der Waals surface area contributed by atoms with Crippen molar-refractivity contribution in [3.05, 3.63) is 83.2 Å². The van der Waals surface area contributed by atoms with Gasteiger partial charge >= 0.3 is 0 Å². The minimum atomic E-state index is -0.784. The van der Waals surface area contributed by atoms with Gasteiger partial charge in [-0.1, -0.05) is 54.6 Å². The molecule has 210 valence electrons. The number of rotatable bonds is 11. The summed E-state index contributed by atoms with van der Waals surface area (Å²) < 4.78 is 12.3. The van der Waals surface area contributed by atoms with Crippen LogP contribution in [0.25, 0.3) is 22.3 Å². The van der Waals surface area contributed by atoms with Crippen molar-refractivity contribution in [3.8, 4) is 22.8 Å². The number of hydrogen-bond donors (Lipinski definition) is 1. The summed E-state index contributed by atoms with van der Waals surface area (Å²) in [6, 6.07) is 21.6. The number of anilines is 1. The van der Waals surface area contributed by atoms with Crippen molar-refractivity contribution in [1.29, 1.82) is 0 Å². The molecule has 1 atom stereocenters. The van der Waals surface area contributed by atoms with Crippen molar-refractivity contribution >= 4 is 39.9 Å². The third-order valence-corrected chi connectivity index (χ3v) is 7.52. The van der Waals surface area contributed by atoms with Crippen molar-refractivity contribution in [2.75, 3.05) is 19.5 Å². The number of nitrogens with one attached hydrogen (secondary N) is 1. The van der Waals surface area contributed by atoms with Crippen LogP contribution in [-0.4, -0.2) is 57.0 Å². The molecule has 0 spiro atoms. The van der Waals surface area contributed by atoms with Crippen LogP contribution in [0.3, 0.4) is 0 Å². The molecule has 0 fully saturated rings. The van der Waals surface area contributed by atoms with Gasteiger partial charge in [-0.05, 0) is 30.7 Å². The second-order valence-corrected chi connectivity index (χ2v) is 10.2. The summed E-state index contributed by atoms with van der Waals surface area (Å²) in [6.45, 7) is 1.96. The summed E-state index contributed by atoms with van der Waals surface area (Å²) in [7, 11) is 3.08. The predicted octanol–water partition coefficient (Wildman–Crippen LogP) is 5.02. The highest BCUT2D eigenvalue weighted by atomic mass is 32.1. The van der Waals surface area contributed by atoms with Crippen LogP contribution in [0, 0.1) is 0 Å². The first kappa shape index (κ1) is 27.8. The van der Waals surface area contributed by atoms with E-state index in [0.29, 0.717) is 34.1 Å². The molecule has 0 radical (unpaired) electrons. The number of benzene rings is 3. The molecule has 5 aromatic rings. The van der Waals surface area contributed by atoms with E-state index in [0.717, 1.165) is 16.8 Å². The Balaban J connectivity index is 1.44. The fourth-order valence-corrected chi connectivity index (χ4v) is 5.36. The van der Waals surface area contributed by atoms with Gasteiger partial charge in [-0.2, -0.15) is 0 Å². The second-order valence-electron chi connectivity index (χ2n) is 9.23. The van der Waals surface area contributed by atoms with Gasteiger partial charge in [0.1, 0.15) is 34.6 Å². The molecule has 0 aliphatic carbocycles. The van der Waals surface area contributed by atoms with E-state index >= 15 is 0 Å². The Bertz CT molecular complexity index is 1650. The number of amides is 2. The Hall–Kier alpha value is -4.77. The number of ether oxygens (including phenoxy) is 2. The van der Waals surface area contributed by atoms with Crippen LogP contribution in [-0.2, 0) is 22.7 Å². The van der Waals surface area contributed by atoms with Crippen molar-refractivity contribution in [2.45, 2.75) is 32.5 Å². The van der Waals surface area contributed by atoms with Crippen molar-refractivity contribution < 1.29 is 19.1 Å². The fraction of sp³-hybridized carbons (Fsp3) is 0.233. The average molecular weight is 571 g/mol. The maximum atomic E-state index is 13.9. The molecule has 2 amide bonds. The Morgan fingerprint density at radius 3 is 2.56 bits per heavy atom. The van der Waals surface area contributed by atoms with Gasteiger partial charge in [0.2, 0.25) is 11.8 Å². The topological polar surface area (TPSA) is 111 Å². The second kappa shape index (κ2) is 12.6. The largest absolute Gasteiger partial charge is 0.497 e. The number of para-hydroxylation sites is 1. The number of carbonyl (C=O) groups is 2. The lowest BCUT2D eigenvalue weighted by Crippen LogP contribution is -2.47. The summed E-state index contributed by atoms with van der Waals surface area (Å²) in [5.74, 6) is 0.432. The van der Waals surface area contributed by atoms with E-state index < -0.39 is 6.04 Å². The molecule has 1 N–H and O–H groups in total. The third kappa shape index (κ3) is 6.20. The van der Waals surface area contributed by atoms with Crippen LogP contribution in [0.15, 0.2) is 78.2 Å². The first-order valence-electron chi connectivity index (χ1n) is 13.1. The maximum Gasteiger partial charge on any atom is 0.247 e. The minimum Gasteiger partial charge on any atom is -0.497 e. The first-order valence-corrected chi connectivity index (χ1v) is 14.0. The van der Waals surface area contributed by atoms with Crippen LogP contribution < -0.4 is 14.8 Å². The summed E-state index contributed by atoms with van der Waals surface area (Å²) in [4.78, 5) is 33.9. The van der Waals surface area contributed by atoms with Crippen LogP contribution in [0.2, 0.25) is 0 Å². The van der Waals surface area contributed by atoms with Gasteiger partial charge in [0.15, 0.2) is 0 Å². The third-order valence-electron chi connectivity index (χ3n) is 6.68. The Kier molecular flexibility index (Phi) is 8.54. The van der Waals surface area contributed by atoms with E-state index in [4.69, 9.17) is 14.5 Å². The Morgan fingerprint density at radius 2 is 1.80 bits per heavy atom. The highest BCUT2D eigenvalue weighted by Crippen LogP contribution is 2.30. The molecule has 2 heterocycles. The lowest BCUT2D eigenvalue weighted by Gasteiger charge is -2.30. The molecule has 11 heteroatoms. The predicted molar refractivity (Wildman–Crippen MR) is 158 cm³/mol. The van der Waals surface area contributed by atoms with E-state index in [1.165, 1.54) is 18.4 Å². The van der Waals surface area contributed by atoms with Crippen molar-refractivity contribution in [2.24, 2.45) is 0 Å². The zero-order chi connectivity index (χ0) is 28.8. The summed E-state index contributed by atoms with van der Waals surface area (Å²) in [5, 5.41) is 14.0. The molecule has 2 aromatic heterocycles. The molecule has 3 aromatic carbocycles. The lowest BCUT2D eigenvalue weighted by molar-refractivity contribution is -0.140. The number of nitrogens with zero attached hydrogens (tertiary/aromatic N) is 5. The van der Waals surface area contributed by atoms with Gasteiger partial charge in [0.25, 0.3) is 0 Å². The highest BCUT2D eigenvalue weighted by Gasteiger charge is 2.31. The normalized spacial score (nSPS) is 11.7. The molecular formula is C30H30N6O4S. The Morgan fingerprint density at radius 1 is 1.02 bits per heavy atom. The number of thiazole rings is 1. The van der Waals surface area contributed by atoms with E-state index in [-0.39, 0.29) is 24.9 Å². The van der Waals surface area contributed by atoms with Gasteiger partial charge in [0, 0.05) is 17.0 Å². The molecule has 0 saturated carbocycles. The van der Waals surface area contributed by atoms with E-state index in [2.05, 4.69) is 15.6 Å².